The van der Waals surface area contributed by atoms with Crippen LogP contribution in [0.4, 0.5) is 10.5 Å². The molecule has 0 radical (unpaired) electrons. The molecule has 0 heterocycles. The third-order valence-corrected chi connectivity index (χ3v) is 3.35. The minimum Gasteiger partial charge on any atom is -0.480 e. The second-order valence-electron chi connectivity index (χ2n) is 7.45. The Morgan fingerprint density at radius 1 is 1.15 bits per heavy atom. The molecule has 0 aliphatic heterocycles. The number of aliphatic carboxylic acids is 1. The van der Waals surface area contributed by atoms with Crippen molar-refractivity contribution in [2.45, 2.75) is 58.7 Å². The summed E-state index contributed by atoms with van der Waals surface area (Å²) in [6.45, 7) is 9.48. The Kier molecular flexibility index (Phi) is 8.24. The van der Waals surface area contributed by atoms with Crippen molar-refractivity contribution in [2.75, 3.05) is 11.9 Å². The summed E-state index contributed by atoms with van der Waals surface area (Å²) in [5, 5.41) is 17.1. The molecule has 1 aromatic carbocycles. The first-order valence-electron chi connectivity index (χ1n) is 8.83. The zero-order chi connectivity index (χ0) is 20.6. The fourth-order valence-electron chi connectivity index (χ4n) is 2.15. The Morgan fingerprint density at radius 2 is 1.81 bits per heavy atom. The van der Waals surface area contributed by atoms with Gasteiger partial charge in [0.2, 0.25) is 0 Å². The monoisotopic (exact) mass is 379 g/mol. The van der Waals surface area contributed by atoms with Crippen molar-refractivity contribution >= 4 is 23.6 Å². The number of amides is 3. The second kappa shape index (κ2) is 9.91. The van der Waals surface area contributed by atoms with E-state index in [1.165, 1.54) is 6.07 Å². The van der Waals surface area contributed by atoms with E-state index < -0.39 is 17.9 Å². The van der Waals surface area contributed by atoms with Crippen LogP contribution >= 0.6 is 0 Å². The molecule has 0 saturated heterocycles. The molecular formula is C19H29N3O5. The van der Waals surface area contributed by atoms with Gasteiger partial charge in [-0.2, -0.15) is 0 Å². The summed E-state index contributed by atoms with van der Waals surface area (Å²) in [4.78, 5) is 35.5. The fourth-order valence-corrected chi connectivity index (χ4v) is 2.15. The zero-order valence-electron chi connectivity index (χ0n) is 16.5. The third kappa shape index (κ3) is 9.05. The van der Waals surface area contributed by atoms with E-state index in [-0.39, 0.29) is 36.3 Å². The first-order valence-corrected chi connectivity index (χ1v) is 8.83. The van der Waals surface area contributed by atoms with Gasteiger partial charge < -0.3 is 25.8 Å². The van der Waals surface area contributed by atoms with Gasteiger partial charge in [-0.3, -0.25) is 4.79 Å². The summed E-state index contributed by atoms with van der Waals surface area (Å²) >= 11 is 0. The Labute approximate surface area is 159 Å². The van der Waals surface area contributed by atoms with Crippen molar-refractivity contribution in [3.63, 3.8) is 0 Å². The topological polar surface area (TPSA) is 117 Å². The molecule has 0 bridgehead atoms. The van der Waals surface area contributed by atoms with E-state index in [1.54, 1.807) is 18.2 Å². The van der Waals surface area contributed by atoms with E-state index in [0.29, 0.717) is 5.69 Å². The highest BCUT2D eigenvalue weighted by molar-refractivity contribution is 5.98. The van der Waals surface area contributed by atoms with E-state index in [0.717, 1.165) is 0 Å². The number of carbonyl (C=O) groups is 3. The van der Waals surface area contributed by atoms with Crippen molar-refractivity contribution in [3.8, 4) is 0 Å². The molecule has 0 saturated carbocycles. The lowest BCUT2D eigenvalue weighted by Crippen LogP contribution is -2.42. The van der Waals surface area contributed by atoms with Crippen LogP contribution in [0.5, 0.6) is 0 Å². The van der Waals surface area contributed by atoms with Crippen molar-refractivity contribution in [1.29, 1.82) is 0 Å². The van der Waals surface area contributed by atoms with Crippen LogP contribution in [-0.4, -0.2) is 47.3 Å². The van der Waals surface area contributed by atoms with Crippen LogP contribution < -0.4 is 16.0 Å². The maximum atomic E-state index is 12.4. The summed E-state index contributed by atoms with van der Waals surface area (Å²) in [5.74, 6) is -1.67. The summed E-state index contributed by atoms with van der Waals surface area (Å²) in [6, 6.07) is 4.81. The van der Waals surface area contributed by atoms with Crippen LogP contribution in [0.2, 0.25) is 0 Å². The maximum absolute atomic E-state index is 12.4. The predicted molar refractivity (Wildman–Crippen MR) is 103 cm³/mol. The number of carboxylic acids is 1. The van der Waals surface area contributed by atoms with Crippen LogP contribution in [-0.2, 0) is 9.53 Å². The molecule has 1 atom stereocenters. The molecule has 3 amide bonds. The molecule has 1 rings (SSSR count). The van der Waals surface area contributed by atoms with E-state index in [9.17, 15) is 19.5 Å². The second-order valence-corrected chi connectivity index (χ2v) is 7.45. The number of carbonyl (C=O) groups excluding carboxylic acids is 2. The number of hydrogen-bond acceptors (Lipinski definition) is 4. The minimum absolute atomic E-state index is 0.0249. The highest BCUT2D eigenvalue weighted by Gasteiger charge is 2.22. The Hall–Kier alpha value is -2.61. The largest absolute Gasteiger partial charge is 0.480 e. The van der Waals surface area contributed by atoms with E-state index in [1.807, 2.05) is 34.6 Å². The summed E-state index contributed by atoms with van der Waals surface area (Å²) in [5.41, 5.74) is 0.299. The SMILES string of the molecule is CC(C)NC(=O)Nc1cccc(C(=O)NC(CCOC(C)(C)C)C(=O)O)c1. The van der Waals surface area contributed by atoms with Crippen molar-refractivity contribution in [2.24, 2.45) is 0 Å². The lowest BCUT2D eigenvalue weighted by molar-refractivity contribution is -0.140. The average Bonchev–Trinajstić information content (AvgIpc) is 2.51. The number of carboxylic acid groups (broad SMARTS) is 1. The van der Waals surface area contributed by atoms with E-state index in [4.69, 9.17) is 4.74 Å². The van der Waals surface area contributed by atoms with Crippen molar-refractivity contribution in [3.05, 3.63) is 29.8 Å². The van der Waals surface area contributed by atoms with E-state index >= 15 is 0 Å². The number of hydrogen-bond donors (Lipinski definition) is 4. The molecule has 1 aromatic rings. The molecule has 1 unspecified atom stereocenters. The summed E-state index contributed by atoms with van der Waals surface area (Å²) in [7, 11) is 0. The molecule has 0 aliphatic carbocycles. The summed E-state index contributed by atoms with van der Waals surface area (Å²) in [6.07, 6.45) is 0.146. The molecule has 0 aromatic heterocycles. The molecule has 27 heavy (non-hydrogen) atoms. The molecule has 4 N–H and O–H groups in total. The van der Waals surface area contributed by atoms with Crippen LogP contribution in [0, 0.1) is 0 Å². The average molecular weight is 379 g/mol. The predicted octanol–water partition coefficient (Wildman–Crippen LogP) is 2.60. The lowest BCUT2D eigenvalue weighted by atomic mass is 10.1. The molecule has 0 aliphatic rings. The van der Waals surface area contributed by atoms with Crippen LogP contribution in [0.1, 0.15) is 51.4 Å². The highest BCUT2D eigenvalue weighted by Crippen LogP contribution is 2.12. The first-order chi connectivity index (χ1) is 12.5. The van der Waals surface area contributed by atoms with Crippen molar-refractivity contribution in [1.82, 2.24) is 10.6 Å². The number of anilines is 1. The Morgan fingerprint density at radius 3 is 2.37 bits per heavy atom. The van der Waals surface area contributed by atoms with Gasteiger partial charge in [-0.05, 0) is 52.8 Å². The quantitative estimate of drug-likeness (QED) is 0.554. The highest BCUT2D eigenvalue weighted by atomic mass is 16.5. The number of benzene rings is 1. The van der Waals surface area contributed by atoms with Crippen LogP contribution in [0.3, 0.4) is 0 Å². The van der Waals surface area contributed by atoms with Gasteiger partial charge in [-0.15, -0.1) is 0 Å². The standard InChI is InChI=1S/C19H29N3O5/c1-12(2)20-18(26)21-14-8-6-7-13(11-14)16(23)22-15(17(24)25)9-10-27-19(3,4)5/h6-8,11-12,15H,9-10H2,1-5H3,(H,22,23)(H,24,25)(H2,20,21,26). The van der Waals surface area contributed by atoms with Gasteiger partial charge >= 0.3 is 12.0 Å². The van der Waals surface area contributed by atoms with Gasteiger partial charge in [0.1, 0.15) is 6.04 Å². The van der Waals surface area contributed by atoms with Crippen LogP contribution in [0.15, 0.2) is 24.3 Å². The lowest BCUT2D eigenvalue weighted by Gasteiger charge is -2.21. The first kappa shape index (κ1) is 22.4. The van der Waals surface area contributed by atoms with Gasteiger partial charge in [-0.1, -0.05) is 6.07 Å². The maximum Gasteiger partial charge on any atom is 0.326 e. The molecule has 8 nitrogen and oxygen atoms in total. The normalized spacial score (nSPS) is 12.4. The fraction of sp³-hybridized carbons (Fsp3) is 0.526. The smallest absolute Gasteiger partial charge is 0.326 e. The van der Waals surface area contributed by atoms with E-state index in [2.05, 4.69) is 16.0 Å². The van der Waals surface area contributed by atoms with Gasteiger partial charge in [0.25, 0.3) is 5.91 Å². The number of nitrogens with one attached hydrogen (secondary N) is 3. The zero-order valence-corrected chi connectivity index (χ0v) is 16.5. The number of ether oxygens (including phenoxy) is 1. The molecular weight excluding hydrogens is 350 g/mol. The van der Waals surface area contributed by atoms with Gasteiger partial charge in [-0.25, -0.2) is 9.59 Å². The molecule has 0 fully saturated rings. The third-order valence-electron chi connectivity index (χ3n) is 3.35. The Bertz CT molecular complexity index is 668. The van der Waals surface area contributed by atoms with Crippen molar-refractivity contribution < 1.29 is 24.2 Å². The summed E-state index contributed by atoms with van der Waals surface area (Å²) < 4.78 is 5.52. The Balaban J connectivity index is 2.72. The van der Waals surface area contributed by atoms with Gasteiger partial charge in [0.15, 0.2) is 0 Å². The molecule has 150 valence electrons. The number of rotatable bonds is 8. The van der Waals surface area contributed by atoms with Gasteiger partial charge in [0.05, 0.1) is 5.60 Å². The number of urea groups is 1. The minimum atomic E-state index is -1.13. The van der Waals surface area contributed by atoms with Crippen LogP contribution in [0.25, 0.3) is 0 Å². The van der Waals surface area contributed by atoms with Gasteiger partial charge in [0, 0.05) is 30.3 Å². The molecule has 8 heteroatoms. The molecule has 0 spiro atoms.